The predicted molar refractivity (Wildman–Crippen MR) is 45.8 cm³/mol. The minimum atomic E-state index is -3.33. The average molecular weight is 188 g/mol. The Balaban J connectivity index is 2.90. The van der Waals surface area contributed by atoms with Gasteiger partial charge in [0.25, 0.3) is 10.1 Å². The third-order valence-electron chi connectivity index (χ3n) is 2.11. The molecular formula is C8H12O3S. The van der Waals surface area contributed by atoms with Gasteiger partial charge in [-0.2, -0.15) is 8.42 Å². The van der Waals surface area contributed by atoms with Crippen molar-refractivity contribution in [1.82, 2.24) is 0 Å². The van der Waals surface area contributed by atoms with Crippen LogP contribution >= 0.6 is 0 Å². The van der Waals surface area contributed by atoms with Crippen molar-refractivity contribution in [3.8, 4) is 12.3 Å². The van der Waals surface area contributed by atoms with Gasteiger partial charge in [0.15, 0.2) is 0 Å². The number of terminal acetylenes is 1. The lowest BCUT2D eigenvalue weighted by Crippen LogP contribution is -2.40. The Hall–Kier alpha value is -0.530. The maximum absolute atomic E-state index is 11.0. The first-order valence-electron chi connectivity index (χ1n) is 3.71. The molecule has 1 aliphatic rings. The second kappa shape index (κ2) is 2.75. The van der Waals surface area contributed by atoms with E-state index < -0.39 is 10.1 Å². The molecule has 0 spiro atoms. The molecular weight excluding hydrogens is 176 g/mol. The van der Waals surface area contributed by atoms with Crippen LogP contribution < -0.4 is 0 Å². The van der Waals surface area contributed by atoms with Gasteiger partial charge in [-0.25, -0.2) is 0 Å². The van der Waals surface area contributed by atoms with E-state index in [1.165, 1.54) is 0 Å². The van der Waals surface area contributed by atoms with Crippen molar-refractivity contribution < 1.29 is 12.6 Å². The highest BCUT2D eigenvalue weighted by atomic mass is 32.2. The van der Waals surface area contributed by atoms with E-state index in [1.807, 2.05) is 13.8 Å². The summed E-state index contributed by atoms with van der Waals surface area (Å²) in [5.41, 5.74) is -0.369. The van der Waals surface area contributed by atoms with E-state index in [1.54, 1.807) is 0 Å². The molecule has 68 valence electrons. The average Bonchev–Trinajstić information content (AvgIpc) is 1.83. The third-order valence-corrected chi connectivity index (χ3v) is 3.70. The van der Waals surface area contributed by atoms with Crippen LogP contribution in [-0.2, 0) is 14.3 Å². The van der Waals surface area contributed by atoms with Gasteiger partial charge in [0.05, 0.1) is 18.3 Å². The molecule has 1 unspecified atom stereocenters. The van der Waals surface area contributed by atoms with Crippen molar-refractivity contribution >= 4 is 10.1 Å². The fraction of sp³-hybridized carbons (Fsp3) is 0.750. The molecule has 0 aromatic heterocycles. The molecule has 4 heteroatoms. The number of rotatable bonds is 0. The first kappa shape index (κ1) is 9.56. The molecule has 0 bridgehead atoms. The molecule has 1 rings (SSSR count). The molecule has 1 aliphatic heterocycles. The quantitative estimate of drug-likeness (QED) is 0.413. The molecule has 1 fully saturated rings. The Morgan fingerprint density at radius 2 is 2.17 bits per heavy atom. The zero-order valence-electron chi connectivity index (χ0n) is 7.20. The first-order chi connectivity index (χ1) is 5.37. The molecule has 0 aliphatic carbocycles. The van der Waals surface area contributed by atoms with Crippen molar-refractivity contribution in [2.45, 2.75) is 13.8 Å². The van der Waals surface area contributed by atoms with Gasteiger partial charge < -0.3 is 0 Å². The maximum atomic E-state index is 11.0. The van der Waals surface area contributed by atoms with Gasteiger partial charge >= 0.3 is 0 Å². The Morgan fingerprint density at radius 3 is 2.58 bits per heavy atom. The van der Waals surface area contributed by atoms with E-state index in [4.69, 9.17) is 6.42 Å². The minimum Gasteiger partial charge on any atom is -0.269 e. The normalized spacial score (nSPS) is 32.2. The van der Waals surface area contributed by atoms with E-state index in [0.29, 0.717) is 0 Å². The lowest BCUT2D eigenvalue weighted by molar-refractivity contribution is 0.162. The fourth-order valence-corrected chi connectivity index (χ4v) is 2.81. The highest BCUT2D eigenvalue weighted by Crippen LogP contribution is 2.33. The van der Waals surface area contributed by atoms with Gasteiger partial charge in [0.2, 0.25) is 0 Å². The molecule has 0 radical (unpaired) electrons. The highest BCUT2D eigenvalue weighted by Gasteiger charge is 2.39. The van der Waals surface area contributed by atoms with Crippen molar-refractivity contribution in [3.63, 3.8) is 0 Å². The first-order valence-corrected chi connectivity index (χ1v) is 5.28. The van der Waals surface area contributed by atoms with Crippen molar-refractivity contribution in [2.75, 3.05) is 12.4 Å². The lowest BCUT2D eigenvalue weighted by Gasteiger charge is -2.34. The van der Waals surface area contributed by atoms with Gasteiger partial charge in [-0.3, -0.25) is 4.18 Å². The van der Waals surface area contributed by atoms with Crippen LogP contribution in [0.3, 0.4) is 0 Å². The smallest absolute Gasteiger partial charge is 0.267 e. The van der Waals surface area contributed by atoms with Crippen LogP contribution in [0.1, 0.15) is 13.8 Å². The topological polar surface area (TPSA) is 43.4 Å². The summed E-state index contributed by atoms with van der Waals surface area (Å²) in [5.74, 6) is 2.44. The molecule has 0 aromatic rings. The van der Waals surface area contributed by atoms with Gasteiger partial charge in [-0.1, -0.05) is 13.8 Å². The van der Waals surface area contributed by atoms with E-state index in [-0.39, 0.29) is 23.7 Å². The maximum Gasteiger partial charge on any atom is 0.267 e. The molecule has 0 N–H and O–H groups in total. The van der Waals surface area contributed by atoms with Crippen LogP contribution in [0.5, 0.6) is 0 Å². The molecule has 1 atom stereocenters. The monoisotopic (exact) mass is 188 g/mol. The number of hydrogen-bond donors (Lipinski definition) is 0. The van der Waals surface area contributed by atoms with Crippen LogP contribution in [0.2, 0.25) is 0 Å². The van der Waals surface area contributed by atoms with Gasteiger partial charge in [-0.15, -0.1) is 12.3 Å². The Labute approximate surface area is 73.2 Å². The third kappa shape index (κ3) is 1.79. The van der Waals surface area contributed by atoms with Crippen molar-refractivity contribution in [2.24, 2.45) is 11.3 Å². The van der Waals surface area contributed by atoms with E-state index in [0.717, 1.165) is 0 Å². The van der Waals surface area contributed by atoms with Crippen molar-refractivity contribution in [3.05, 3.63) is 0 Å². The fourth-order valence-electron chi connectivity index (χ4n) is 1.27. The molecule has 0 aromatic carbocycles. The summed E-state index contributed by atoms with van der Waals surface area (Å²) in [4.78, 5) is 0. The Bertz CT molecular complexity index is 308. The van der Waals surface area contributed by atoms with Crippen LogP contribution in [0.25, 0.3) is 0 Å². The predicted octanol–water partition coefficient (Wildman–Crippen LogP) is 0.622. The minimum absolute atomic E-state index is 0.00880. The van der Waals surface area contributed by atoms with Gasteiger partial charge in [-0.05, 0) is 5.41 Å². The van der Waals surface area contributed by atoms with E-state index in [9.17, 15) is 8.42 Å². The Morgan fingerprint density at radius 1 is 1.58 bits per heavy atom. The van der Waals surface area contributed by atoms with Gasteiger partial charge in [0.1, 0.15) is 0 Å². The largest absolute Gasteiger partial charge is 0.269 e. The lowest BCUT2D eigenvalue weighted by atomic mass is 9.81. The summed E-state index contributed by atoms with van der Waals surface area (Å²) >= 11 is 0. The SMILES string of the molecule is C#CC1COS(=O)(=O)CC1(C)C. The van der Waals surface area contributed by atoms with Crippen LogP contribution in [0.4, 0.5) is 0 Å². The second-order valence-corrected chi connectivity index (χ2v) is 5.33. The summed E-state index contributed by atoms with van der Waals surface area (Å²) in [6.07, 6.45) is 5.24. The molecule has 3 nitrogen and oxygen atoms in total. The number of hydrogen-bond acceptors (Lipinski definition) is 3. The van der Waals surface area contributed by atoms with Crippen LogP contribution in [0, 0.1) is 23.7 Å². The van der Waals surface area contributed by atoms with Crippen LogP contribution in [0.15, 0.2) is 0 Å². The summed E-state index contributed by atoms with van der Waals surface area (Å²) in [5, 5.41) is 0. The second-order valence-electron chi connectivity index (χ2n) is 3.69. The molecule has 0 amide bonds. The molecule has 1 heterocycles. The van der Waals surface area contributed by atoms with E-state index in [2.05, 4.69) is 10.1 Å². The molecule has 1 saturated heterocycles. The Kier molecular flexibility index (Phi) is 2.19. The molecule has 0 saturated carbocycles. The zero-order valence-corrected chi connectivity index (χ0v) is 8.02. The summed E-state index contributed by atoms with van der Waals surface area (Å²) < 4.78 is 26.7. The summed E-state index contributed by atoms with van der Waals surface area (Å²) in [7, 11) is -3.33. The summed E-state index contributed by atoms with van der Waals surface area (Å²) in [6.45, 7) is 3.81. The van der Waals surface area contributed by atoms with E-state index >= 15 is 0 Å². The van der Waals surface area contributed by atoms with Gasteiger partial charge in [0, 0.05) is 0 Å². The highest BCUT2D eigenvalue weighted by molar-refractivity contribution is 7.86. The standard InChI is InChI=1S/C8H12O3S/c1-4-7-5-11-12(9,10)6-8(7,2)3/h1,7H,5-6H2,2-3H3. The zero-order chi connectivity index (χ0) is 9.41. The van der Waals surface area contributed by atoms with Crippen LogP contribution in [-0.4, -0.2) is 20.8 Å². The summed E-state index contributed by atoms with van der Waals surface area (Å²) in [6, 6.07) is 0. The van der Waals surface area contributed by atoms with Crippen molar-refractivity contribution in [1.29, 1.82) is 0 Å². The molecule has 12 heavy (non-hydrogen) atoms.